The summed E-state index contributed by atoms with van der Waals surface area (Å²) in [7, 11) is 0. The van der Waals surface area contributed by atoms with Crippen LogP contribution >= 0.6 is 0 Å². The lowest BCUT2D eigenvalue weighted by molar-refractivity contribution is 1.29. The Balaban J connectivity index is 2.64. The first-order chi connectivity index (χ1) is 3.80. The third kappa shape index (κ3) is 0.890. The van der Waals surface area contributed by atoms with Gasteiger partial charge in [0.25, 0.3) is 0 Å². The van der Waals surface area contributed by atoms with Crippen LogP contribution in [-0.4, -0.2) is 0 Å². The molecule has 0 nitrogen and oxygen atoms in total. The van der Waals surface area contributed by atoms with Crippen LogP contribution in [0, 0.1) is 6.92 Å². The van der Waals surface area contributed by atoms with E-state index in [9.17, 15) is 0 Å². The van der Waals surface area contributed by atoms with Gasteiger partial charge in [0, 0.05) is 0 Å². The van der Waals surface area contributed by atoms with Crippen molar-refractivity contribution in [3.63, 3.8) is 0 Å². The zero-order valence-corrected chi connectivity index (χ0v) is 4.85. The second kappa shape index (κ2) is 1.99. The van der Waals surface area contributed by atoms with Crippen molar-refractivity contribution in [2.45, 2.75) is 6.42 Å². The van der Waals surface area contributed by atoms with Crippen LogP contribution in [-0.2, 0) is 0 Å². The highest BCUT2D eigenvalue weighted by Crippen LogP contribution is 2.16. The van der Waals surface area contributed by atoms with Gasteiger partial charge in [0.1, 0.15) is 0 Å². The van der Waals surface area contributed by atoms with E-state index in [1.807, 2.05) is 6.08 Å². The lowest BCUT2D eigenvalue weighted by Crippen LogP contribution is -1.75. The van der Waals surface area contributed by atoms with Crippen LogP contribution in [0.25, 0.3) is 0 Å². The lowest BCUT2D eigenvalue weighted by atomic mass is 10.1. The molecule has 0 heteroatoms. The van der Waals surface area contributed by atoms with Gasteiger partial charge in [0.2, 0.25) is 0 Å². The molecule has 0 saturated carbocycles. The highest BCUT2D eigenvalue weighted by molar-refractivity contribution is 5.38. The minimum Gasteiger partial charge on any atom is -0.0955 e. The molecular formula is C8H9. The molecule has 0 N–H and O–H groups in total. The molecule has 0 aromatic rings. The second-order valence-corrected chi connectivity index (χ2v) is 1.93. The van der Waals surface area contributed by atoms with Crippen molar-refractivity contribution in [2.75, 3.05) is 0 Å². The Kier molecular flexibility index (Phi) is 1.34. The molecule has 8 heavy (non-hydrogen) atoms. The fourth-order valence-corrected chi connectivity index (χ4v) is 0.709. The third-order valence-electron chi connectivity index (χ3n) is 1.23. The summed E-state index contributed by atoms with van der Waals surface area (Å²) in [6.45, 7) is 7.44. The molecule has 0 fully saturated rings. The molecule has 0 saturated heterocycles. The fraction of sp³-hybridized carbons (Fsp3) is 0.125. The van der Waals surface area contributed by atoms with Gasteiger partial charge in [-0.15, -0.1) is 0 Å². The first-order valence-electron chi connectivity index (χ1n) is 2.67. The molecule has 0 unspecified atom stereocenters. The maximum Gasteiger partial charge on any atom is -0.00918 e. The summed E-state index contributed by atoms with van der Waals surface area (Å²) >= 11 is 0. The maximum absolute atomic E-state index is 3.72. The molecule has 0 spiro atoms. The van der Waals surface area contributed by atoms with Crippen LogP contribution in [0.2, 0.25) is 0 Å². The fourth-order valence-electron chi connectivity index (χ4n) is 0.709. The van der Waals surface area contributed by atoms with Crippen molar-refractivity contribution >= 4 is 0 Å². The van der Waals surface area contributed by atoms with Crippen LogP contribution in [0.3, 0.4) is 0 Å². The molecule has 0 bridgehead atoms. The molecule has 0 aromatic heterocycles. The van der Waals surface area contributed by atoms with E-state index in [2.05, 4.69) is 25.7 Å². The normalized spacial score (nSPS) is 16.4. The molecule has 41 valence electrons. The number of allylic oxidation sites excluding steroid dienone is 5. The summed E-state index contributed by atoms with van der Waals surface area (Å²) in [5, 5.41) is 0. The molecule has 0 atom stereocenters. The molecule has 0 heterocycles. The largest absolute Gasteiger partial charge is 0.0955 e. The lowest BCUT2D eigenvalue weighted by Gasteiger charge is -1.94. The molecule has 1 radical (unpaired) electrons. The van der Waals surface area contributed by atoms with E-state index in [0.29, 0.717) is 0 Å². The number of hydrogen-bond acceptors (Lipinski definition) is 0. The standard InChI is InChI=1S/C8H9/c1-7(2)8-5-3-4-6-8/h3-5H,1-2,6H2. The van der Waals surface area contributed by atoms with Crippen molar-refractivity contribution in [1.82, 2.24) is 0 Å². The van der Waals surface area contributed by atoms with Gasteiger partial charge in [-0.1, -0.05) is 30.4 Å². The molecule has 0 aliphatic heterocycles. The first-order valence-corrected chi connectivity index (χ1v) is 2.67. The van der Waals surface area contributed by atoms with E-state index in [0.717, 1.165) is 12.0 Å². The number of rotatable bonds is 1. The van der Waals surface area contributed by atoms with E-state index in [4.69, 9.17) is 0 Å². The average molecular weight is 105 g/mol. The SMILES string of the molecule is [CH2]C(=C)C1=CC=CC1. The Morgan fingerprint density at radius 2 is 2.38 bits per heavy atom. The third-order valence-corrected chi connectivity index (χ3v) is 1.23. The smallest absolute Gasteiger partial charge is 0.00918 e. The highest BCUT2D eigenvalue weighted by Gasteiger charge is 1.96. The number of hydrogen-bond donors (Lipinski definition) is 0. The molecule has 1 aliphatic rings. The van der Waals surface area contributed by atoms with E-state index in [-0.39, 0.29) is 0 Å². The Morgan fingerprint density at radius 3 is 2.62 bits per heavy atom. The van der Waals surface area contributed by atoms with Gasteiger partial charge in [-0.05, 0) is 18.9 Å². The predicted molar refractivity (Wildman–Crippen MR) is 36.3 cm³/mol. The Bertz CT molecular complexity index is 159. The zero-order chi connectivity index (χ0) is 5.98. The van der Waals surface area contributed by atoms with Crippen molar-refractivity contribution in [3.8, 4) is 0 Å². The molecule has 1 aliphatic carbocycles. The summed E-state index contributed by atoms with van der Waals surface area (Å²) in [5.41, 5.74) is 2.19. The summed E-state index contributed by atoms with van der Waals surface area (Å²) < 4.78 is 0. The quantitative estimate of drug-likeness (QED) is 0.480. The van der Waals surface area contributed by atoms with Crippen molar-refractivity contribution < 1.29 is 0 Å². The summed E-state index contributed by atoms with van der Waals surface area (Å²) in [4.78, 5) is 0. The van der Waals surface area contributed by atoms with E-state index in [1.165, 1.54) is 5.57 Å². The highest BCUT2D eigenvalue weighted by atomic mass is 14.0. The van der Waals surface area contributed by atoms with Crippen molar-refractivity contribution in [3.05, 3.63) is 42.9 Å². The van der Waals surface area contributed by atoms with Crippen LogP contribution in [0.15, 0.2) is 36.0 Å². The van der Waals surface area contributed by atoms with Crippen LogP contribution in [0.4, 0.5) is 0 Å². The Labute approximate surface area is 50.2 Å². The summed E-state index contributed by atoms with van der Waals surface area (Å²) in [6, 6.07) is 0. The van der Waals surface area contributed by atoms with Gasteiger partial charge in [-0.25, -0.2) is 0 Å². The first kappa shape index (κ1) is 5.36. The average Bonchev–Trinajstić information content (AvgIpc) is 2.12. The molecule has 1 rings (SSSR count). The van der Waals surface area contributed by atoms with Crippen LogP contribution in [0.1, 0.15) is 6.42 Å². The molecule has 0 amide bonds. The van der Waals surface area contributed by atoms with Gasteiger partial charge < -0.3 is 0 Å². The van der Waals surface area contributed by atoms with Gasteiger partial charge in [-0.2, -0.15) is 0 Å². The maximum atomic E-state index is 3.72. The van der Waals surface area contributed by atoms with Crippen molar-refractivity contribution in [2.24, 2.45) is 0 Å². The van der Waals surface area contributed by atoms with Crippen LogP contribution < -0.4 is 0 Å². The molecular weight excluding hydrogens is 96.1 g/mol. The van der Waals surface area contributed by atoms with E-state index < -0.39 is 0 Å². The van der Waals surface area contributed by atoms with Gasteiger partial charge in [0.15, 0.2) is 0 Å². The Hall–Kier alpha value is -0.780. The minimum absolute atomic E-state index is 0.940. The summed E-state index contributed by atoms with van der Waals surface area (Å²) in [6.07, 6.45) is 7.20. The molecule has 0 aromatic carbocycles. The van der Waals surface area contributed by atoms with Gasteiger partial charge >= 0.3 is 0 Å². The summed E-state index contributed by atoms with van der Waals surface area (Å²) in [5.74, 6) is 0. The van der Waals surface area contributed by atoms with Gasteiger partial charge in [-0.3, -0.25) is 0 Å². The van der Waals surface area contributed by atoms with Crippen molar-refractivity contribution in [1.29, 1.82) is 0 Å². The second-order valence-electron chi connectivity index (χ2n) is 1.93. The van der Waals surface area contributed by atoms with E-state index >= 15 is 0 Å². The minimum atomic E-state index is 0.940. The van der Waals surface area contributed by atoms with E-state index in [1.54, 1.807) is 0 Å². The predicted octanol–water partition coefficient (Wildman–Crippen LogP) is 2.26. The zero-order valence-electron chi connectivity index (χ0n) is 4.85. The topological polar surface area (TPSA) is 0 Å². The van der Waals surface area contributed by atoms with Gasteiger partial charge in [0.05, 0.1) is 0 Å². The monoisotopic (exact) mass is 105 g/mol. The van der Waals surface area contributed by atoms with Crippen LogP contribution in [0.5, 0.6) is 0 Å². The Morgan fingerprint density at radius 1 is 1.62 bits per heavy atom.